The van der Waals surface area contributed by atoms with Crippen LogP contribution in [0.3, 0.4) is 0 Å². The molecule has 3 rings (SSSR count). The number of hydrogen-bond acceptors (Lipinski definition) is 6. The number of hydrogen-bond donors (Lipinski definition) is 3. The lowest BCUT2D eigenvalue weighted by atomic mass is 9.85. The predicted octanol–water partition coefficient (Wildman–Crippen LogP) is 1.70. The van der Waals surface area contributed by atoms with Gasteiger partial charge in [-0.3, -0.25) is 29.3 Å². The van der Waals surface area contributed by atoms with Gasteiger partial charge in [-0.1, -0.05) is 51.1 Å². The molecular formula is C25H27FN4O5. The zero-order valence-corrected chi connectivity index (χ0v) is 19.6. The monoisotopic (exact) mass is 482 g/mol. The van der Waals surface area contributed by atoms with Gasteiger partial charge < -0.3 is 10.6 Å². The summed E-state index contributed by atoms with van der Waals surface area (Å²) in [5.41, 5.74) is 0.331. The molecule has 0 bridgehead atoms. The van der Waals surface area contributed by atoms with Crippen LogP contribution >= 0.6 is 0 Å². The predicted molar refractivity (Wildman–Crippen MR) is 123 cm³/mol. The van der Waals surface area contributed by atoms with Gasteiger partial charge >= 0.3 is 0 Å². The van der Waals surface area contributed by atoms with Gasteiger partial charge in [0.2, 0.25) is 23.7 Å². The Hall–Kier alpha value is -3.95. The molecule has 2 heterocycles. The van der Waals surface area contributed by atoms with E-state index in [9.17, 15) is 28.4 Å². The Morgan fingerprint density at radius 1 is 1.03 bits per heavy atom. The summed E-state index contributed by atoms with van der Waals surface area (Å²) in [6, 6.07) is 9.50. The summed E-state index contributed by atoms with van der Waals surface area (Å²) in [6.45, 7) is 4.91. The van der Waals surface area contributed by atoms with Crippen LogP contribution in [-0.2, 0) is 19.2 Å². The highest BCUT2D eigenvalue weighted by atomic mass is 19.1. The molecule has 0 spiro atoms. The van der Waals surface area contributed by atoms with E-state index in [0.717, 1.165) is 0 Å². The number of ketones is 1. The molecule has 1 aliphatic heterocycles. The fourth-order valence-corrected chi connectivity index (χ4v) is 3.97. The lowest BCUT2D eigenvalue weighted by Gasteiger charge is -2.26. The number of aromatic nitrogens is 1. The normalized spacial score (nSPS) is 19.1. The average molecular weight is 483 g/mol. The van der Waals surface area contributed by atoms with Crippen molar-refractivity contribution < 1.29 is 28.4 Å². The minimum atomic E-state index is -1.19. The van der Waals surface area contributed by atoms with Crippen molar-refractivity contribution in [2.75, 3.05) is 0 Å². The molecule has 0 aliphatic carbocycles. The quantitative estimate of drug-likeness (QED) is 0.283. The van der Waals surface area contributed by atoms with E-state index in [-0.39, 0.29) is 17.9 Å². The Kier molecular flexibility index (Phi) is 8.06. The lowest BCUT2D eigenvalue weighted by molar-refractivity contribution is -0.137. The SMILES string of the molecule is CC(C)[C@@H](NC(=O)C[C@H](NC(=O)c1cccnc1F)c1ccccc1)C(=O)[C@@H]1C(=O)NC(=O)[C@H]1C. The summed E-state index contributed by atoms with van der Waals surface area (Å²) in [4.78, 5) is 66.2. The number of amides is 4. The van der Waals surface area contributed by atoms with Crippen molar-refractivity contribution in [1.29, 1.82) is 0 Å². The van der Waals surface area contributed by atoms with Crippen LogP contribution in [0, 0.1) is 23.7 Å². The second-order valence-corrected chi connectivity index (χ2v) is 8.79. The first kappa shape index (κ1) is 25.7. The first-order chi connectivity index (χ1) is 16.6. The molecule has 1 aliphatic rings. The molecule has 10 heteroatoms. The maximum atomic E-state index is 14.0. The van der Waals surface area contributed by atoms with Crippen LogP contribution in [0.15, 0.2) is 48.7 Å². The fourth-order valence-electron chi connectivity index (χ4n) is 3.97. The van der Waals surface area contributed by atoms with E-state index in [0.29, 0.717) is 5.56 Å². The first-order valence-electron chi connectivity index (χ1n) is 11.2. The molecule has 1 aromatic heterocycles. The van der Waals surface area contributed by atoms with Gasteiger partial charge in [-0.2, -0.15) is 4.39 Å². The van der Waals surface area contributed by atoms with E-state index in [1.807, 2.05) is 0 Å². The maximum absolute atomic E-state index is 14.0. The Balaban J connectivity index is 1.78. The second kappa shape index (κ2) is 11.0. The molecule has 1 saturated heterocycles. The van der Waals surface area contributed by atoms with E-state index in [1.165, 1.54) is 25.3 Å². The third-order valence-electron chi connectivity index (χ3n) is 5.94. The zero-order valence-electron chi connectivity index (χ0n) is 19.6. The number of rotatable bonds is 9. The molecule has 3 N–H and O–H groups in total. The van der Waals surface area contributed by atoms with Crippen molar-refractivity contribution in [2.45, 2.75) is 39.3 Å². The highest BCUT2D eigenvalue weighted by Crippen LogP contribution is 2.24. The molecular weight excluding hydrogens is 455 g/mol. The van der Waals surface area contributed by atoms with Gasteiger partial charge in [0.1, 0.15) is 5.92 Å². The highest BCUT2D eigenvalue weighted by molar-refractivity contribution is 6.16. The summed E-state index contributed by atoms with van der Waals surface area (Å²) in [5.74, 6) is -6.40. The van der Waals surface area contributed by atoms with Gasteiger partial charge in [-0.15, -0.1) is 0 Å². The van der Waals surface area contributed by atoms with Crippen molar-refractivity contribution in [2.24, 2.45) is 17.8 Å². The highest BCUT2D eigenvalue weighted by Gasteiger charge is 2.46. The Morgan fingerprint density at radius 2 is 1.71 bits per heavy atom. The van der Waals surface area contributed by atoms with Crippen molar-refractivity contribution >= 4 is 29.4 Å². The van der Waals surface area contributed by atoms with E-state index in [2.05, 4.69) is 20.9 Å². The summed E-state index contributed by atoms with van der Waals surface area (Å²) < 4.78 is 14.0. The van der Waals surface area contributed by atoms with Crippen LogP contribution in [0.1, 0.15) is 49.2 Å². The molecule has 0 saturated carbocycles. The summed E-state index contributed by atoms with van der Waals surface area (Å²) in [5, 5.41) is 7.46. The van der Waals surface area contributed by atoms with Crippen molar-refractivity contribution in [1.82, 2.24) is 20.9 Å². The summed E-state index contributed by atoms with van der Waals surface area (Å²) in [6.07, 6.45) is 0.968. The summed E-state index contributed by atoms with van der Waals surface area (Å²) in [7, 11) is 0. The Labute approximate surface area is 201 Å². The van der Waals surface area contributed by atoms with Gasteiger partial charge in [0.15, 0.2) is 5.78 Å². The van der Waals surface area contributed by atoms with E-state index in [4.69, 9.17) is 0 Å². The fraction of sp³-hybridized carbons (Fsp3) is 0.360. The maximum Gasteiger partial charge on any atom is 0.256 e. The van der Waals surface area contributed by atoms with Gasteiger partial charge in [0.05, 0.1) is 30.0 Å². The number of carbonyl (C=O) groups is 5. The van der Waals surface area contributed by atoms with Crippen LogP contribution in [0.4, 0.5) is 4.39 Å². The largest absolute Gasteiger partial charge is 0.346 e. The standard InChI is InChI=1S/C25H27FN4O5/c1-13(2)20(21(32)19-14(3)23(33)30-25(19)35)29-18(31)12-17(15-8-5-4-6-9-15)28-24(34)16-10-7-11-27-22(16)26/h4-11,13-14,17,19-20H,12H2,1-3H3,(H,28,34)(H,29,31)(H,30,33,35)/t14-,17-,19+,20+/m0/s1. The molecule has 184 valence electrons. The third-order valence-corrected chi connectivity index (χ3v) is 5.94. The molecule has 4 atom stereocenters. The van der Waals surface area contributed by atoms with Gasteiger partial charge in [0.25, 0.3) is 5.91 Å². The summed E-state index contributed by atoms with van der Waals surface area (Å²) >= 11 is 0. The first-order valence-corrected chi connectivity index (χ1v) is 11.2. The van der Waals surface area contributed by atoms with Crippen molar-refractivity contribution in [3.05, 3.63) is 65.7 Å². The molecule has 35 heavy (non-hydrogen) atoms. The van der Waals surface area contributed by atoms with E-state index >= 15 is 0 Å². The molecule has 0 radical (unpaired) electrons. The van der Waals surface area contributed by atoms with Crippen molar-refractivity contribution in [3.63, 3.8) is 0 Å². The number of pyridine rings is 1. The molecule has 2 aromatic rings. The number of nitrogens with one attached hydrogen (secondary N) is 3. The smallest absolute Gasteiger partial charge is 0.256 e. The lowest BCUT2D eigenvalue weighted by Crippen LogP contribution is -2.49. The molecule has 0 unspecified atom stereocenters. The Bertz CT molecular complexity index is 1140. The molecule has 4 amide bonds. The van der Waals surface area contributed by atoms with Crippen LogP contribution < -0.4 is 16.0 Å². The number of imide groups is 1. The second-order valence-electron chi connectivity index (χ2n) is 8.79. The van der Waals surface area contributed by atoms with Crippen LogP contribution in [0.25, 0.3) is 0 Å². The molecule has 1 aromatic carbocycles. The Morgan fingerprint density at radius 3 is 2.29 bits per heavy atom. The minimum Gasteiger partial charge on any atom is -0.346 e. The van der Waals surface area contributed by atoms with Crippen LogP contribution in [-0.4, -0.2) is 40.4 Å². The molecule has 1 fully saturated rings. The number of benzene rings is 1. The van der Waals surface area contributed by atoms with Gasteiger partial charge in [0, 0.05) is 6.20 Å². The number of halogens is 1. The van der Waals surface area contributed by atoms with Gasteiger partial charge in [-0.25, -0.2) is 4.98 Å². The topological polar surface area (TPSA) is 134 Å². The number of nitrogens with zero attached hydrogens (tertiary/aromatic N) is 1. The minimum absolute atomic E-state index is 0.251. The van der Waals surface area contributed by atoms with Crippen LogP contribution in [0.2, 0.25) is 0 Å². The van der Waals surface area contributed by atoms with Gasteiger partial charge in [-0.05, 0) is 23.6 Å². The average Bonchev–Trinajstić information content (AvgIpc) is 3.08. The number of Topliss-reactive ketones (excluding diaryl/α,β-unsaturated/α-hetero) is 1. The van der Waals surface area contributed by atoms with E-state index < -0.39 is 59.3 Å². The zero-order chi connectivity index (χ0) is 25.7. The van der Waals surface area contributed by atoms with Crippen molar-refractivity contribution in [3.8, 4) is 0 Å². The van der Waals surface area contributed by atoms with Crippen LogP contribution in [0.5, 0.6) is 0 Å². The van der Waals surface area contributed by atoms with E-state index in [1.54, 1.807) is 44.2 Å². The third kappa shape index (κ3) is 5.95. The molecule has 9 nitrogen and oxygen atoms in total. The number of carbonyl (C=O) groups excluding carboxylic acids is 5.